The molecule has 4 nitrogen and oxygen atoms in total. The van der Waals surface area contributed by atoms with Gasteiger partial charge in [0.25, 0.3) is 0 Å². The quantitative estimate of drug-likeness (QED) is 0.679. The molecule has 0 saturated heterocycles. The fourth-order valence-electron chi connectivity index (χ4n) is 1.48. The smallest absolute Gasteiger partial charge is 0.236 e. The summed E-state index contributed by atoms with van der Waals surface area (Å²) in [4.78, 5) is 11.1. The van der Waals surface area contributed by atoms with Gasteiger partial charge in [0.15, 0.2) is 0 Å². The number of rotatable bonds is 8. The van der Waals surface area contributed by atoms with Gasteiger partial charge in [0.2, 0.25) is 5.91 Å². The van der Waals surface area contributed by atoms with E-state index in [0.29, 0.717) is 19.8 Å². The van der Waals surface area contributed by atoms with E-state index in [0.717, 1.165) is 12.8 Å². The Hall–Kier alpha value is -1.39. The van der Waals surface area contributed by atoms with E-state index >= 15 is 0 Å². The van der Waals surface area contributed by atoms with Gasteiger partial charge >= 0.3 is 0 Å². The van der Waals surface area contributed by atoms with Crippen molar-refractivity contribution in [1.29, 1.82) is 0 Å². The molecule has 0 aromatic heterocycles. The zero-order valence-corrected chi connectivity index (χ0v) is 10.9. The summed E-state index contributed by atoms with van der Waals surface area (Å²) >= 11 is 0. The van der Waals surface area contributed by atoms with Crippen LogP contribution in [0.1, 0.15) is 18.9 Å². The van der Waals surface area contributed by atoms with E-state index in [4.69, 9.17) is 10.5 Å². The van der Waals surface area contributed by atoms with Crippen LogP contribution in [0.5, 0.6) is 0 Å². The third-order valence-corrected chi connectivity index (χ3v) is 2.56. The molecular weight excluding hydrogens is 228 g/mol. The Labute approximate surface area is 109 Å². The van der Waals surface area contributed by atoms with Gasteiger partial charge in [-0.3, -0.25) is 4.79 Å². The van der Waals surface area contributed by atoms with Crippen molar-refractivity contribution in [2.75, 3.05) is 19.8 Å². The predicted octanol–water partition coefficient (Wildman–Crippen LogP) is 1.10. The molecule has 18 heavy (non-hydrogen) atoms. The average Bonchev–Trinajstić information content (AvgIpc) is 2.38. The van der Waals surface area contributed by atoms with Crippen molar-refractivity contribution in [3.8, 4) is 0 Å². The van der Waals surface area contributed by atoms with Gasteiger partial charge < -0.3 is 15.8 Å². The van der Waals surface area contributed by atoms with Crippen molar-refractivity contribution >= 4 is 5.91 Å². The number of hydrogen-bond acceptors (Lipinski definition) is 3. The number of hydrogen-bond donors (Lipinski definition) is 2. The van der Waals surface area contributed by atoms with E-state index < -0.39 is 6.04 Å². The summed E-state index contributed by atoms with van der Waals surface area (Å²) in [5, 5.41) is 2.75. The minimum atomic E-state index is -0.441. The van der Waals surface area contributed by atoms with Crippen molar-refractivity contribution in [1.82, 2.24) is 5.32 Å². The van der Waals surface area contributed by atoms with Crippen LogP contribution in [0.3, 0.4) is 0 Å². The van der Waals surface area contributed by atoms with Gasteiger partial charge in [-0.1, -0.05) is 30.3 Å². The summed E-state index contributed by atoms with van der Waals surface area (Å²) in [5.41, 5.74) is 6.70. The topological polar surface area (TPSA) is 64.4 Å². The average molecular weight is 250 g/mol. The minimum Gasteiger partial charge on any atom is -0.381 e. The van der Waals surface area contributed by atoms with E-state index in [1.807, 2.05) is 18.2 Å². The highest BCUT2D eigenvalue weighted by Crippen LogP contribution is 1.99. The first-order valence-corrected chi connectivity index (χ1v) is 6.35. The van der Waals surface area contributed by atoms with Crippen molar-refractivity contribution < 1.29 is 9.53 Å². The number of nitrogens with two attached hydrogens (primary N) is 1. The molecule has 0 aliphatic heterocycles. The summed E-state index contributed by atoms with van der Waals surface area (Å²) in [6.45, 7) is 3.66. The fourth-order valence-corrected chi connectivity index (χ4v) is 1.48. The van der Waals surface area contributed by atoms with Crippen LogP contribution in [0.15, 0.2) is 30.3 Å². The molecule has 1 atom stereocenters. The zero-order chi connectivity index (χ0) is 13.2. The van der Waals surface area contributed by atoms with E-state index in [1.54, 1.807) is 6.92 Å². The first-order valence-electron chi connectivity index (χ1n) is 6.35. The molecular formula is C14H22N2O2. The highest BCUT2D eigenvalue weighted by molar-refractivity contribution is 5.80. The van der Waals surface area contributed by atoms with Crippen LogP contribution in [0.25, 0.3) is 0 Å². The molecule has 0 radical (unpaired) electrons. The van der Waals surface area contributed by atoms with Crippen LogP contribution in [0.2, 0.25) is 0 Å². The third kappa shape index (κ3) is 6.37. The first kappa shape index (κ1) is 14.7. The lowest BCUT2D eigenvalue weighted by Gasteiger charge is -2.08. The second kappa shape index (κ2) is 8.66. The Morgan fingerprint density at radius 2 is 2.06 bits per heavy atom. The molecule has 1 rings (SSSR count). The third-order valence-electron chi connectivity index (χ3n) is 2.56. The molecule has 3 N–H and O–H groups in total. The highest BCUT2D eigenvalue weighted by atomic mass is 16.5. The van der Waals surface area contributed by atoms with Gasteiger partial charge in [-0.2, -0.15) is 0 Å². The van der Waals surface area contributed by atoms with Crippen molar-refractivity contribution in [3.05, 3.63) is 35.9 Å². The number of carbonyl (C=O) groups excluding carboxylic acids is 1. The van der Waals surface area contributed by atoms with Crippen LogP contribution in [-0.4, -0.2) is 31.7 Å². The fraction of sp³-hybridized carbons (Fsp3) is 0.500. The maximum atomic E-state index is 11.1. The monoisotopic (exact) mass is 250 g/mol. The van der Waals surface area contributed by atoms with Gasteiger partial charge in [-0.15, -0.1) is 0 Å². The van der Waals surface area contributed by atoms with E-state index in [9.17, 15) is 4.79 Å². The molecule has 4 heteroatoms. The Balaban J connectivity index is 1.95. The Morgan fingerprint density at radius 3 is 2.72 bits per heavy atom. The summed E-state index contributed by atoms with van der Waals surface area (Å²) < 4.78 is 5.50. The van der Waals surface area contributed by atoms with Crippen LogP contribution in [-0.2, 0) is 16.0 Å². The number of benzene rings is 1. The summed E-state index contributed by atoms with van der Waals surface area (Å²) in [5.74, 6) is -0.112. The number of nitrogens with one attached hydrogen (secondary N) is 1. The molecule has 0 spiro atoms. The second-order valence-electron chi connectivity index (χ2n) is 4.28. The van der Waals surface area contributed by atoms with Crippen molar-refractivity contribution in [3.63, 3.8) is 0 Å². The zero-order valence-electron chi connectivity index (χ0n) is 10.9. The number of carbonyl (C=O) groups is 1. The lowest BCUT2D eigenvalue weighted by atomic mass is 10.2. The van der Waals surface area contributed by atoms with Gasteiger partial charge in [0.05, 0.1) is 12.6 Å². The highest BCUT2D eigenvalue weighted by Gasteiger charge is 2.04. The maximum Gasteiger partial charge on any atom is 0.236 e. The SMILES string of the molecule is C[C@H](N)C(=O)NCCCOCCc1ccccc1. The minimum absolute atomic E-state index is 0.112. The largest absolute Gasteiger partial charge is 0.381 e. The first-order chi connectivity index (χ1) is 8.70. The molecule has 0 heterocycles. The van der Waals surface area contributed by atoms with Crippen molar-refractivity contribution in [2.45, 2.75) is 25.8 Å². The summed E-state index contributed by atoms with van der Waals surface area (Å²) in [6, 6.07) is 9.80. The van der Waals surface area contributed by atoms with Crippen LogP contribution in [0.4, 0.5) is 0 Å². The van der Waals surface area contributed by atoms with Crippen molar-refractivity contribution in [2.24, 2.45) is 5.73 Å². The van der Waals surface area contributed by atoms with Gasteiger partial charge in [-0.25, -0.2) is 0 Å². The van der Waals surface area contributed by atoms with Crippen LogP contribution < -0.4 is 11.1 Å². The second-order valence-corrected chi connectivity index (χ2v) is 4.28. The molecule has 1 amide bonds. The molecule has 0 saturated carbocycles. The van der Waals surface area contributed by atoms with Gasteiger partial charge in [0, 0.05) is 13.2 Å². The number of ether oxygens (including phenoxy) is 1. The summed E-state index contributed by atoms with van der Waals surface area (Å²) in [7, 11) is 0. The Morgan fingerprint density at radius 1 is 1.33 bits per heavy atom. The molecule has 1 aromatic carbocycles. The number of amides is 1. The molecule has 0 aliphatic carbocycles. The predicted molar refractivity (Wildman–Crippen MR) is 72.2 cm³/mol. The Bertz CT molecular complexity index is 339. The van der Waals surface area contributed by atoms with Gasteiger partial charge in [0.1, 0.15) is 0 Å². The maximum absolute atomic E-state index is 11.1. The molecule has 100 valence electrons. The van der Waals surface area contributed by atoms with Crippen LogP contribution in [0, 0.1) is 0 Å². The standard InChI is InChI=1S/C14H22N2O2/c1-12(15)14(17)16-9-5-10-18-11-8-13-6-3-2-4-7-13/h2-4,6-7,12H,5,8-11,15H2,1H3,(H,16,17)/t12-/m0/s1. The lowest BCUT2D eigenvalue weighted by molar-refractivity contribution is -0.122. The molecule has 0 fully saturated rings. The van der Waals surface area contributed by atoms with Crippen LogP contribution >= 0.6 is 0 Å². The molecule has 0 aliphatic rings. The van der Waals surface area contributed by atoms with E-state index in [-0.39, 0.29) is 5.91 Å². The normalized spacial score (nSPS) is 12.1. The molecule has 0 unspecified atom stereocenters. The summed E-state index contributed by atoms with van der Waals surface area (Å²) in [6.07, 6.45) is 1.74. The van der Waals surface area contributed by atoms with E-state index in [2.05, 4.69) is 17.4 Å². The van der Waals surface area contributed by atoms with Gasteiger partial charge in [-0.05, 0) is 25.3 Å². The van der Waals surface area contributed by atoms with E-state index in [1.165, 1.54) is 5.56 Å². The lowest BCUT2D eigenvalue weighted by Crippen LogP contribution is -2.38. The molecule has 0 bridgehead atoms. The molecule has 1 aromatic rings. The Kier molecular flexibility index (Phi) is 7.06.